The number of fused-ring (bicyclic) bond motifs is 1. The fraction of sp³-hybridized carbons (Fsp3) is 0.267. The highest BCUT2D eigenvalue weighted by molar-refractivity contribution is 5.31. The summed E-state index contributed by atoms with van der Waals surface area (Å²) in [6, 6.07) is 15.0. The summed E-state index contributed by atoms with van der Waals surface area (Å²) in [6.07, 6.45) is 2.81. The Bertz CT molecular complexity index is 520. The van der Waals surface area contributed by atoms with Crippen molar-refractivity contribution in [3.63, 3.8) is 0 Å². The van der Waals surface area contributed by atoms with E-state index in [1.165, 1.54) is 16.8 Å². The van der Waals surface area contributed by atoms with Crippen molar-refractivity contribution in [1.82, 2.24) is 4.98 Å². The molecule has 1 aliphatic carbocycles. The molecule has 3 rings (SSSR count). The first-order valence-electron chi connectivity index (χ1n) is 6.08. The Balaban J connectivity index is 1.84. The maximum absolute atomic E-state index is 5.95. The number of nitrogens with zero attached hydrogens (tertiary/aromatic N) is 1. The summed E-state index contributed by atoms with van der Waals surface area (Å²) < 4.78 is 0. The molecule has 0 amide bonds. The molecule has 1 aromatic carbocycles. The van der Waals surface area contributed by atoms with E-state index in [-0.39, 0.29) is 6.04 Å². The van der Waals surface area contributed by atoms with Gasteiger partial charge in [0, 0.05) is 30.3 Å². The van der Waals surface area contributed by atoms with E-state index in [0.717, 1.165) is 25.0 Å². The van der Waals surface area contributed by atoms with Gasteiger partial charge in [-0.2, -0.15) is 0 Å². The normalized spacial score (nSPS) is 18.1. The van der Waals surface area contributed by atoms with Crippen LogP contribution in [0.3, 0.4) is 0 Å². The van der Waals surface area contributed by atoms with Gasteiger partial charge in [0.15, 0.2) is 0 Å². The first kappa shape index (κ1) is 10.5. The van der Waals surface area contributed by atoms with Gasteiger partial charge in [0.25, 0.3) is 0 Å². The van der Waals surface area contributed by atoms with Gasteiger partial charge < -0.3 is 5.73 Å². The number of hydrogen-bond donors (Lipinski definition) is 1. The number of nitrogens with two attached hydrogens (primary N) is 1. The minimum atomic E-state index is 0.268. The SMILES string of the molecule is NC1Cc2ccc(Cc3ccccc3)nc2C1. The van der Waals surface area contributed by atoms with E-state index >= 15 is 0 Å². The summed E-state index contributed by atoms with van der Waals surface area (Å²) in [7, 11) is 0. The molecule has 1 aliphatic rings. The molecule has 2 nitrogen and oxygen atoms in total. The zero-order chi connectivity index (χ0) is 11.7. The zero-order valence-corrected chi connectivity index (χ0v) is 9.76. The molecule has 0 aliphatic heterocycles. The molecule has 0 fully saturated rings. The van der Waals surface area contributed by atoms with Gasteiger partial charge in [-0.3, -0.25) is 4.98 Å². The van der Waals surface area contributed by atoms with Gasteiger partial charge in [0.2, 0.25) is 0 Å². The Morgan fingerprint density at radius 2 is 1.88 bits per heavy atom. The van der Waals surface area contributed by atoms with Gasteiger partial charge >= 0.3 is 0 Å². The first-order chi connectivity index (χ1) is 8.31. The summed E-state index contributed by atoms with van der Waals surface area (Å²) in [5.41, 5.74) is 10.9. The highest BCUT2D eigenvalue weighted by Gasteiger charge is 2.19. The van der Waals surface area contributed by atoms with E-state index in [1.54, 1.807) is 0 Å². The molecule has 1 unspecified atom stereocenters. The van der Waals surface area contributed by atoms with E-state index in [0.29, 0.717) is 0 Å². The van der Waals surface area contributed by atoms with E-state index in [1.807, 2.05) is 6.07 Å². The van der Waals surface area contributed by atoms with Crippen LogP contribution < -0.4 is 5.73 Å². The molecule has 1 aromatic heterocycles. The van der Waals surface area contributed by atoms with Crippen molar-refractivity contribution in [2.75, 3.05) is 0 Å². The fourth-order valence-electron chi connectivity index (χ4n) is 2.44. The highest BCUT2D eigenvalue weighted by Crippen LogP contribution is 2.20. The van der Waals surface area contributed by atoms with E-state index < -0.39 is 0 Å². The van der Waals surface area contributed by atoms with Crippen molar-refractivity contribution in [2.45, 2.75) is 25.3 Å². The maximum atomic E-state index is 5.95. The summed E-state index contributed by atoms with van der Waals surface area (Å²) in [6.45, 7) is 0. The largest absolute Gasteiger partial charge is 0.327 e. The molecule has 0 bridgehead atoms. The Kier molecular flexibility index (Phi) is 2.65. The Morgan fingerprint density at radius 1 is 1.06 bits per heavy atom. The first-order valence-corrected chi connectivity index (χ1v) is 6.08. The molecular formula is C15H16N2. The predicted octanol–water partition coefficient (Wildman–Crippen LogP) is 2.10. The van der Waals surface area contributed by atoms with Crippen LogP contribution in [0.15, 0.2) is 42.5 Å². The number of pyridine rings is 1. The molecule has 0 spiro atoms. The molecular weight excluding hydrogens is 208 g/mol. The minimum absolute atomic E-state index is 0.268. The number of rotatable bonds is 2. The molecule has 86 valence electrons. The van der Waals surface area contributed by atoms with Crippen LogP contribution in [-0.4, -0.2) is 11.0 Å². The van der Waals surface area contributed by atoms with Crippen molar-refractivity contribution < 1.29 is 0 Å². The van der Waals surface area contributed by atoms with Crippen LogP contribution in [0.2, 0.25) is 0 Å². The molecule has 0 saturated carbocycles. The smallest absolute Gasteiger partial charge is 0.0455 e. The Morgan fingerprint density at radius 3 is 2.71 bits per heavy atom. The molecule has 0 saturated heterocycles. The number of benzene rings is 1. The van der Waals surface area contributed by atoms with Crippen molar-refractivity contribution in [3.05, 3.63) is 65.0 Å². The zero-order valence-electron chi connectivity index (χ0n) is 9.76. The lowest BCUT2D eigenvalue weighted by Gasteiger charge is -2.04. The van der Waals surface area contributed by atoms with Gasteiger partial charge in [-0.05, 0) is 23.6 Å². The average Bonchev–Trinajstić information content (AvgIpc) is 2.70. The van der Waals surface area contributed by atoms with Crippen LogP contribution >= 0.6 is 0 Å². The lowest BCUT2D eigenvalue weighted by molar-refractivity contribution is 0.715. The second kappa shape index (κ2) is 4.30. The molecule has 1 atom stereocenters. The second-order valence-corrected chi connectivity index (χ2v) is 4.74. The van der Waals surface area contributed by atoms with Gasteiger partial charge in [0.1, 0.15) is 0 Å². The molecule has 2 heteroatoms. The van der Waals surface area contributed by atoms with Crippen LogP contribution in [0, 0.1) is 0 Å². The van der Waals surface area contributed by atoms with Crippen LogP contribution in [0.1, 0.15) is 22.5 Å². The van der Waals surface area contributed by atoms with Crippen LogP contribution in [0.4, 0.5) is 0 Å². The maximum Gasteiger partial charge on any atom is 0.0455 e. The van der Waals surface area contributed by atoms with Gasteiger partial charge in [0.05, 0.1) is 0 Å². The van der Waals surface area contributed by atoms with Gasteiger partial charge in [-0.15, -0.1) is 0 Å². The molecule has 2 aromatic rings. The predicted molar refractivity (Wildman–Crippen MR) is 68.9 cm³/mol. The van der Waals surface area contributed by atoms with Gasteiger partial charge in [-0.25, -0.2) is 0 Å². The number of aromatic nitrogens is 1. The lowest BCUT2D eigenvalue weighted by Crippen LogP contribution is -2.19. The molecule has 0 radical (unpaired) electrons. The van der Waals surface area contributed by atoms with Crippen molar-refractivity contribution in [3.8, 4) is 0 Å². The lowest BCUT2D eigenvalue weighted by atomic mass is 10.1. The monoisotopic (exact) mass is 224 g/mol. The van der Waals surface area contributed by atoms with Crippen molar-refractivity contribution in [1.29, 1.82) is 0 Å². The van der Waals surface area contributed by atoms with E-state index in [4.69, 9.17) is 10.7 Å². The summed E-state index contributed by atoms with van der Waals surface area (Å²) in [4.78, 5) is 4.72. The molecule has 2 N–H and O–H groups in total. The quantitative estimate of drug-likeness (QED) is 0.848. The van der Waals surface area contributed by atoms with E-state index in [2.05, 4.69) is 36.4 Å². The molecule has 17 heavy (non-hydrogen) atoms. The number of hydrogen-bond acceptors (Lipinski definition) is 2. The third-order valence-corrected chi connectivity index (χ3v) is 3.29. The summed E-state index contributed by atoms with van der Waals surface area (Å²) >= 11 is 0. The fourth-order valence-corrected chi connectivity index (χ4v) is 2.44. The molecule has 1 heterocycles. The van der Waals surface area contributed by atoms with Crippen LogP contribution in [-0.2, 0) is 19.3 Å². The standard InChI is InChI=1S/C15H16N2/c16-13-9-12-6-7-14(17-15(12)10-13)8-11-4-2-1-3-5-11/h1-7,13H,8-10,16H2. The van der Waals surface area contributed by atoms with Crippen LogP contribution in [0.25, 0.3) is 0 Å². The third-order valence-electron chi connectivity index (χ3n) is 3.29. The van der Waals surface area contributed by atoms with Crippen LogP contribution in [0.5, 0.6) is 0 Å². The minimum Gasteiger partial charge on any atom is -0.327 e. The van der Waals surface area contributed by atoms with Crippen molar-refractivity contribution in [2.24, 2.45) is 5.73 Å². The Labute approximate surface area is 102 Å². The van der Waals surface area contributed by atoms with E-state index in [9.17, 15) is 0 Å². The summed E-state index contributed by atoms with van der Waals surface area (Å²) in [5.74, 6) is 0. The third kappa shape index (κ3) is 2.22. The topological polar surface area (TPSA) is 38.9 Å². The highest BCUT2D eigenvalue weighted by atomic mass is 14.8. The van der Waals surface area contributed by atoms with Gasteiger partial charge in [-0.1, -0.05) is 36.4 Å². The second-order valence-electron chi connectivity index (χ2n) is 4.74. The van der Waals surface area contributed by atoms with Crippen molar-refractivity contribution >= 4 is 0 Å². The summed E-state index contributed by atoms with van der Waals surface area (Å²) in [5, 5.41) is 0. The average molecular weight is 224 g/mol. The Hall–Kier alpha value is -1.67.